The van der Waals surface area contributed by atoms with Crippen molar-refractivity contribution in [2.75, 3.05) is 23.8 Å². The summed E-state index contributed by atoms with van der Waals surface area (Å²) in [4.78, 5) is 3.64. The number of para-hydroxylation sites is 1. The molecule has 1 heterocycles. The number of halogens is 7. The topological polar surface area (TPSA) is 78.0 Å². The van der Waals surface area contributed by atoms with Crippen LogP contribution in [0.25, 0.3) is 0 Å². The lowest BCUT2D eigenvalue weighted by Gasteiger charge is -2.26. The standard InChI is InChI=1S/C23H19F7N2O5S/c1-35-19-6-2-5-18(24)20(19)37-17-9-7-16(8-10-17)32(38(33,34)14-23(28,29)30)12-15-4-3-11-31-21(15)36-13-22(25,26)27/h2-11H,12-14H2,1H3. The van der Waals surface area contributed by atoms with Crippen LogP contribution >= 0.6 is 0 Å². The summed E-state index contributed by atoms with van der Waals surface area (Å²) in [5.74, 6) is -3.88. The van der Waals surface area contributed by atoms with Crippen molar-refractivity contribution in [3.8, 4) is 23.1 Å². The van der Waals surface area contributed by atoms with Crippen LogP contribution in [0, 0.1) is 5.82 Å². The van der Waals surface area contributed by atoms with Gasteiger partial charge in [-0.05, 0) is 42.5 Å². The van der Waals surface area contributed by atoms with E-state index in [-0.39, 0.29) is 28.5 Å². The third kappa shape index (κ3) is 7.87. The summed E-state index contributed by atoms with van der Waals surface area (Å²) in [6, 6.07) is 10.8. The molecule has 0 radical (unpaired) electrons. The fourth-order valence-corrected chi connectivity index (χ4v) is 4.51. The minimum Gasteiger partial charge on any atom is -0.493 e. The molecule has 0 aliphatic rings. The summed E-state index contributed by atoms with van der Waals surface area (Å²) in [6.45, 7) is -2.58. The molecule has 15 heteroatoms. The first-order valence-corrected chi connectivity index (χ1v) is 12.1. The molecule has 0 fully saturated rings. The normalized spacial score (nSPS) is 12.2. The van der Waals surface area contributed by atoms with Gasteiger partial charge in [0.1, 0.15) is 5.75 Å². The van der Waals surface area contributed by atoms with Gasteiger partial charge in [-0.3, -0.25) is 4.31 Å². The van der Waals surface area contributed by atoms with Crippen molar-refractivity contribution in [2.45, 2.75) is 18.9 Å². The largest absolute Gasteiger partial charge is 0.493 e. The molecule has 0 bridgehead atoms. The number of alkyl halides is 6. The van der Waals surface area contributed by atoms with Crippen LogP contribution < -0.4 is 18.5 Å². The van der Waals surface area contributed by atoms with Crippen molar-refractivity contribution in [1.29, 1.82) is 0 Å². The maximum Gasteiger partial charge on any atom is 0.422 e. The zero-order chi connectivity index (χ0) is 28.1. The highest BCUT2D eigenvalue weighted by atomic mass is 32.2. The van der Waals surface area contributed by atoms with Crippen LogP contribution in [0.5, 0.6) is 23.1 Å². The Labute approximate surface area is 212 Å². The van der Waals surface area contributed by atoms with E-state index in [4.69, 9.17) is 9.47 Å². The van der Waals surface area contributed by atoms with Gasteiger partial charge in [0.2, 0.25) is 21.7 Å². The van der Waals surface area contributed by atoms with E-state index in [1.54, 1.807) is 0 Å². The number of pyridine rings is 1. The predicted molar refractivity (Wildman–Crippen MR) is 121 cm³/mol. The van der Waals surface area contributed by atoms with Gasteiger partial charge in [-0.1, -0.05) is 12.1 Å². The first-order valence-electron chi connectivity index (χ1n) is 10.5. The molecule has 3 aromatic rings. The maximum atomic E-state index is 14.2. The van der Waals surface area contributed by atoms with Crippen LogP contribution in [0.1, 0.15) is 5.56 Å². The van der Waals surface area contributed by atoms with Crippen LogP contribution in [0.2, 0.25) is 0 Å². The summed E-state index contributed by atoms with van der Waals surface area (Å²) in [5, 5.41) is 0. The van der Waals surface area contributed by atoms with Crippen molar-refractivity contribution < 1.29 is 53.4 Å². The van der Waals surface area contributed by atoms with Crippen molar-refractivity contribution in [3.63, 3.8) is 0 Å². The minimum absolute atomic E-state index is 0.0131. The number of hydrogen-bond acceptors (Lipinski definition) is 6. The fraction of sp³-hybridized carbons (Fsp3) is 0.261. The number of sulfonamides is 1. The zero-order valence-electron chi connectivity index (χ0n) is 19.4. The average Bonchev–Trinajstić information content (AvgIpc) is 2.81. The van der Waals surface area contributed by atoms with E-state index in [0.717, 1.165) is 30.5 Å². The van der Waals surface area contributed by atoms with Crippen LogP contribution in [0.4, 0.5) is 36.4 Å². The molecule has 0 N–H and O–H groups in total. The van der Waals surface area contributed by atoms with Gasteiger partial charge in [-0.2, -0.15) is 26.3 Å². The Morgan fingerprint density at radius 2 is 1.61 bits per heavy atom. The van der Waals surface area contributed by atoms with Crippen molar-refractivity contribution in [2.24, 2.45) is 0 Å². The first-order chi connectivity index (χ1) is 17.7. The van der Waals surface area contributed by atoms with Gasteiger partial charge in [-0.15, -0.1) is 0 Å². The number of anilines is 1. The molecule has 0 unspecified atom stereocenters. The molecule has 3 rings (SSSR count). The number of benzene rings is 2. The molecule has 0 aliphatic heterocycles. The zero-order valence-corrected chi connectivity index (χ0v) is 20.2. The lowest BCUT2D eigenvalue weighted by atomic mass is 10.2. The number of ether oxygens (including phenoxy) is 3. The molecule has 0 aliphatic carbocycles. The molecule has 1 aromatic heterocycles. The third-order valence-corrected chi connectivity index (χ3v) is 6.42. The second kappa shape index (κ2) is 11.3. The Kier molecular flexibility index (Phi) is 8.59. The summed E-state index contributed by atoms with van der Waals surface area (Å²) < 4.78 is 132. The SMILES string of the molecule is COc1cccc(F)c1Oc1ccc(N(Cc2cccnc2OCC(F)(F)F)S(=O)(=O)CC(F)(F)F)cc1. The Hall–Kier alpha value is -3.75. The van der Waals surface area contributed by atoms with Crippen LogP contribution in [0.3, 0.4) is 0 Å². The van der Waals surface area contributed by atoms with E-state index in [9.17, 15) is 39.2 Å². The third-order valence-electron chi connectivity index (χ3n) is 4.71. The molecular formula is C23H19F7N2O5S. The number of methoxy groups -OCH3 is 1. The highest BCUT2D eigenvalue weighted by Gasteiger charge is 2.39. The molecule has 7 nitrogen and oxygen atoms in total. The number of nitrogens with zero attached hydrogens (tertiary/aromatic N) is 2. The molecule has 206 valence electrons. The summed E-state index contributed by atoms with van der Waals surface area (Å²) >= 11 is 0. The monoisotopic (exact) mass is 568 g/mol. The summed E-state index contributed by atoms with van der Waals surface area (Å²) in [6.07, 6.45) is -8.79. The van der Waals surface area contributed by atoms with Gasteiger partial charge >= 0.3 is 12.4 Å². The quantitative estimate of drug-likeness (QED) is 0.285. The molecule has 2 aromatic carbocycles. The minimum atomic E-state index is -5.12. The Bertz CT molecular complexity index is 1350. The van der Waals surface area contributed by atoms with Gasteiger partial charge < -0.3 is 14.2 Å². The smallest absolute Gasteiger partial charge is 0.422 e. The summed E-state index contributed by atoms with van der Waals surface area (Å²) in [7, 11) is -3.82. The average molecular weight is 568 g/mol. The van der Waals surface area contributed by atoms with E-state index in [1.165, 1.54) is 37.4 Å². The fourth-order valence-electron chi connectivity index (χ4n) is 3.16. The van der Waals surface area contributed by atoms with E-state index >= 15 is 0 Å². The molecule has 0 spiro atoms. The van der Waals surface area contributed by atoms with Gasteiger partial charge in [-0.25, -0.2) is 17.8 Å². The van der Waals surface area contributed by atoms with Crippen LogP contribution in [-0.2, 0) is 16.6 Å². The van der Waals surface area contributed by atoms with E-state index in [1.807, 2.05) is 0 Å². The predicted octanol–water partition coefficient (Wildman–Crippen LogP) is 5.86. The van der Waals surface area contributed by atoms with Crippen molar-refractivity contribution in [1.82, 2.24) is 4.98 Å². The van der Waals surface area contributed by atoms with Gasteiger partial charge in [0.05, 0.1) is 19.3 Å². The second-order valence-corrected chi connectivity index (χ2v) is 9.51. The van der Waals surface area contributed by atoms with Gasteiger partial charge in [0.25, 0.3) is 0 Å². The molecule has 38 heavy (non-hydrogen) atoms. The lowest BCUT2D eigenvalue weighted by molar-refractivity contribution is -0.154. The Morgan fingerprint density at radius 1 is 0.921 bits per heavy atom. The van der Waals surface area contributed by atoms with Crippen molar-refractivity contribution in [3.05, 3.63) is 72.2 Å². The number of rotatable bonds is 10. The number of hydrogen-bond donors (Lipinski definition) is 0. The second-order valence-electron chi connectivity index (χ2n) is 7.62. The van der Waals surface area contributed by atoms with Gasteiger partial charge in [0, 0.05) is 11.8 Å². The van der Waals surface area contributed by atoms with E-state index < -0.39 is 53.0 Å². The van der Waals surface area contributed by atoms with Crippen LogP contribution in [-0.4, -0.2) is 45.2 Å². The maximum absolute atomic E-state index is 14.2. The number of aromatic nitrogens is 1. The highest BCUT2D eigenvalue weighted by Crippen LogP contribution is 2.35. The highest BCUT2D eigenvalue weighted by molar-refractivity contribution is 7.92. The lowest BCUT2D eigenvalue weighted by Crippen LogP contribution is -2.37. The van der Waals surface area contributed by atoms with Crippen LogP contribution in [0.15, 0.2) is 60.8 Å². The first kappa shape index (κ1) is 28.8. The summed E-state index contributed by atoms with van der Waals surface area (Å²) in [5.41, 5.74) is -0.508. The Balaban J connectivity index is 1.96. The van der Waals surface area contributed by atoms with E-state index in [2.05, 4.69) is 9.72 Å². The van der Waals surface area contributed by atoms with Crippen molar-refractivity contribution >= 4 is 15.7 Å². The molecule has 0 saturated heterocycles. The molecule has 0 amide bonds. The Morgan fingerprint density at radius 3 is 2.21 bits per heavy atom. The van der Waals surface area contributed by atoms with Gasteiger partial charge in [0.15, 0.2) is 23.9 Å². The van der Waals surface area contributed by atoms with E-state index in [0.29, 0.717) is 4.31 Å². The molecule has 0 saturated carbocycles. The molecule has 0 atom stereocenters. The molecular weight excluding hydrogens is 549 g/mol.